The topological polar surface area (TPSA) is 93.1 Å². The number of aromatic nitrogens is 2. The highest BCUT2D eigenvalue weighted by atomic mass is 35.5. The van der Waals surface area contributed by atoms with Crippen LogP contribution in [-0.4, -0.2) is 30.4 Å². The van der Waals surface area contributed by atoms with Crippen molar-refractivity contribution in [1.82, 2.24) is 14.9 Å². The quantitative estimate of drug-likeness (QED) is 0.533. The minimum Gasteiger partial charge on any atom is -0.352 e. The van der Waals surface area contributed by atoms with Crippen molar-refractivity contribution >= 4 is 33.2 Å². The van der Waals surface area contributed by atoms with E-state index in [-0.39, 0.29) is 21.4 Å². The molecule has 0 spiro atoms. The van der Waals surface area contributed by atoms with Crippen LogP contribution in [0.15, 0.2) is 66.1 Å². The lowest BCUT2D eigenvalue weighted by Crippen LogP contribution is -2.25. The van der Waals surface area contributed by atoms with Crippen LogP contribution >= 0.6 is 11.6 Å². The Kier molecular flexibility index (Phi) is 6.56. The maximum Gasteiger partial charge on any atom is 0.263 e. The van der Waals surface area contributed by atoms with Gasteiger partial charge in [0.15, 0.2) is 0 Å². The van der Waals surface area contributed by atoms with Crippen LogP contribution in [0.5, 0.6) is 0 Å². The molecule has 3 rings (SSSR count). The number of hydrogen-bond donors (Lipinski definition) is 2. The van der Waals surface area contributed by atoms with Crippen LogP contribution in [0.1, 0.15) is 22.3 Å². The molecule has 29 heavy (non-hydrogen) atoms. The van der Waals surface area contributed by atoms with E-state index in [1.807, 2.05) is 17.7 Å². The molecule has 1 amide bonds. The molecular weight excluding hydrogens is 412 g/mol. The number of sulfonamides is 1. The summed E-state index contributed by atoms with van der Waals surface area (Å²) >= 11 is 6.10. The number of nitrogens with one attached hydrogen (secondary N) is 2. The molecule has 152 valence electrons. The highest BCUT2D eigenvalue weighted by Crippen LogP contribution is 2.25. The summed E-state index contributed by atoms with van der Waals surface area (Å²) in [6, 6.07) is 11.1. The Hall–Kier alpha value is -2.84. The number of aryl methyl sites for hydroxylation is 2. The van der Waals surface area contributed by atoms with Crippen LogP contribution in [0, 0.1) is 6.92 Å². The smallest absolute Gasteiger partial charge is 0.263 e. The second kappa shape index (κ2) is 9.11. The Bertz CT molecular complexity index is 1080. The van der Waals surface area contributed by atoms with Gasteiger partial charge in [0.25, 0.3) is 15.9 Å². The molecule has 0 saturated heterocycles. The van der Waals surface area contributed by atoms with Gasteiger partial charge in [0.2, 0.25) is 0 Å². The fourth-order valence-electron chi connectivity index (χ4n) is 2.67. The van der Waals surface area contributed by atoms with Crippen LogP contribution < -0.4 is 10.0 Å². The van der Waals surface area contributed by atoms with Gasteiger partial charge in [-0.1, -0.05) is 29.3 Å². The van der Waals surface area contributed by atoms with E-state index in [1.165, 1.54) is 18.2 Å². The van der Waals surface area contributed by atoms with E-state index in [4.69, 9.17) is 11.6 Å². The van der Waals surface area contributed by atoms with E-state index in [0.29, 0.717) is 12.2 Å². The molecule has 0 saturated carbocycles. The molecule has 3 aromatic rings. The first-order valence-electron chi connectivity index (χ1n) is 8.98. The summed E-state index contributed by atoms with van der Waals surface area (Å²) < 4.78 is 29.9. The molecule has 9 heteroatoms. The van der Waals surface area contributed by atoms with Gasteiger partial charge in [-0.05, 0) is 43.7 Å². The zero-order valence-electron chi connectivity index (χ0n) is 15.8. The molecule has 0 fully saturated rings. The molecule has 0 aliphatic heterocycles. The number of nitrogens with zero attached hydrogens (tertiary/aromatic N) is 2. The monoisotopic (exact) mass is 432 g/mol. The maximum absolute atomic E-state index is 12.7. The molecule has 2 aromatic carbocycles. The molecule has 0 bridgehead atoms. The first-order valence-corrected chi connectivity index (χ1v) is 10.8. The number of amides is 1. The normalized spacial score (nSPS) is 11.2. The number of hydrogen-bond acceptors (Lipinski definition) is 4. The predicted molar refractivity (Wildman–Crippen MR) is 113 cm³/mol. The number of benzene rings is 2. The summed E-state index contributed by atoms with van der Waals surface area (Å²) in [4.78, 5) is 16.2. The molecule has 0 unspecified atom stereocenters. The van der Waals surface area contributed by atoms with Crippen LogP contribution in [0.4, 0.5) is 5.69 Å². The maximum atomic E-state index is 12.7. The molecular formula is C20H21ClN4O3S. The average Bonchev–Trinajstić information content (AvgIpc) is 3.20. The second-order valence-corrected chi connectivity index (χ2v) is 8.58. The number of imidazole rings is 1. The molecule has 2 N–H and O–H groups in total. The Labute approximate surface area is 174 Å². The number of halogens is 1. The number of rotatable bonds is 8. The number of carbonyl (C=O) groups is 1. The van der Waals surface area contributed by atoms with Gasteiger partial charge in [-0.2, -0.15) is 0 Å². The Morgan fingerprint density at radius 2 is 1.93 bits per heavy atom. The van der Waals surface area contributed by atoms with E-state index in [1.54, 1.807) is 36.8 Å². The first kappa shape index (κ1) is 20.9. The standard InChI is InChI=1S/C20H21ClN4O3S/c1-15-3-6-17(7-4-15)24-29(27,28)19-13-16(5-8-18(19)21)20(26)23-9-2-11-25-12-10-22-14-25/h3-8,10,12-14,24H,2,9,11H2,1H3,(H,23,26). The van der Waals surface area contributed by atoms with E-state index < -0.39 is 10.0 Å². The van der Waals surface area contributed by atoms with Crippen molar-refractivity contribution in [3.05, 3.63) is 77.3 Å². The van der Waals surface area contributed by atoms with Crippen LogP contribution in [0.25, 0.3) is 0 Å². The summed E-state index contributed by atoms with van der Waals surface area (Å²) in [7, 11) is -3.94. The number of carbonyl (C=O) groups excluding carboxylic acids is 1. The molecule has 0 aliphatic carbocycles. The third-order valence-corrected chi connectivity index (χ3v) is 6.09. The second-order valence-electron chi connectivity index (χ2n) is 6.53. The van der Waals surface area contributed by atoms with E-state index >= 15 is 0 Å². The predicted octanol–water partition coefficient (Wildman–Crippen LogP) is 3.47. The summed E-state index contributed by atoms with van der Waals surface area (Å²) in [5, 5.41) is 2.83. The van der Waals surface area contributed by atoms with Gasteiger partial charge in [0.1, 0.15) is 4.90 Å². The Morgan fingerprint density at radius 1 is 1.17 bits per heavy atom. The van der Waals surface area contributed by atoms with Gasteiger partial charge in [0.05, 0.1) is 11.3 Å². The van der Waals surface area contributed by atoms with E-state index in [9.17, 15) is 13.2 Å². The lowest BCUT2D eigenvalue weighted by Gasteiger charge is -2.12. The van der Waals surface area contributed by atoms with Gasteiger partial charge in [-0.3, -0.25) is 9.52 Å². The lowest BCUT2D eigenvalue weighted by molar-refractivity contribution is 0.0952. The lowest BCUT2D eigenvalue weighted by atomic mass is 10.2. The minimum absolute atomic E-state index is 0.0428. The average molecular weight is 433 g/mol. The largest absolute Gasteiger partial charge is 0.352 e. The third kappa shape index (κ3) is 5.58. The summed E-state index contributed by atoms with van der Waals surface area (Å²) in [5.41, 5.74) is 1.65. The van der Waals surface area contributed by atoms with Crippen molar-refractivity contribution < 1.29 is 13.2 Å². The fourth-order valence-corrected chi connectivity index (χ4v) is 4.25. The Balaban J connectivity index is 1.67. The van der Waals surface area contributed by atoms with Crippen molar-refractivity contribution in [1.29, 1.82) is 0 Å². The Morgan fingerprint density at radius 3 is 2.62 bits per heavy atom. The van der Waals surface area contributed by atoms with Gasteiger partial charge in [-0.15, -0.1) is 0 Å². The van der Waals surface area contributed by atoms with Crippen molar-refractivity contribution in [3.63, 3.8) is 0 Å². The van der Waals surface area contributed by atoms with Gasteiger partial charge >= 0.3 is 0 Å². The highest BCUT2D eigenvalue weighted by Gasteiger charge is 2.20. The van der Waals surface area contributed by atoms with Gasteiger partial charge in [-0.25, -0.2) is 13.4 Å². The first-order chi connectivity index (χ1) is 13.8. The zero-order chi connectivity index (χ0) is 20.9. The van der Waals surface area contributed by atoms with Crippen molar-refractivity contribution in [2.45, 2.75) is 24.8 Å². The summed E-state index contributed by atoms with van der Waals surface area (Å²) in [6.07, 6.45) is 5.97. The third-order valence-electron chi connectivity index (χ3n) is 4.22. The van der Waals surface area contributed by atoms with Crippen molar-refractivity contribution in [2.24, 2.45) is 0 Å². The SMILES string of the molecule is Cc1ccc(NS(=O)(=O)c2cc(C(=O)NCCCn3ccnc3)ccc2Cl)cc1. The highest BCUT2D eigenvalue weighted by molar-refractivity contribution is 7.92. The summed E-state index contributed by atoms with van der Waals surface area (Å²) in [5.74, 6) is -0.362. The van der Waals surface area contributed by atoms with Crippen LogP contribution in [0.3, 0.4) is 0 Å². The molecule has 0 radical (unpaired) electrons. The minimum atomic E-state index is -3.94. The van der Waals surface area contributed by atoms with Crippen molar-refractivity contribution in [3.8, 4) is 0 Å². The molecule has 7 nitrogen and oxygen atoms in total. The van der Waals surface area contributed by atoms with E-state index in [2.05, 4.69) is 15.0 Å². The van der Waals surface area contributed by atoms with Gasteiger partial charge in [0, 0.05) is 36.7 Å². The van der Waals surface area contributed by atoms with Crippen LogP contribution in [-0.2, 0) is 16.6 Å². The molecule has 0 atom stereocenters. The molecule has 1 aromatic heterocycles. The molecule has 0 aliphatic rings. The van der Waals surface area contributed by atoms with E-state index in [0.717, 1.165) is 18.5 Å². The zero-order valence-corrected chi connectivity index (χ0v) is 17.4. The van der Waals surface area contributed by atoms with Crippen molar-refractivity contribution in [2.75, 3.05) is 11.3 Å². The summed E-state index contributed by atoms with van der Waals surface area (Å²) in [6.45, 7) is 3.08. The number of anilines is 1. The van der Waals surface area contributed by atoms with Gasteiger partial charge < -0.3 is 9.88 Å². The van der Waals surface area contributed by atoms with Crippen LogP contribution in [0.2, 0.25) is 5.02 Å². The molecule has 1 heterocycles. The fraction of sp³-hybridized carbons (Fsp3) is 0.200.